The van der Waals surface area contributed by atoms with Gasteiger partial charge in [-0.3, -0.25) is 4.79 Å². The summed E-state index contributed by atoms with van der Waals surface area (Å²) in [4.78, 5) is 23.2. The lowest BCUT2D eigenvalue weighted by atomic mass is 9.90. The minimum Gasteiger partial charge on any atom is -0.493 e. The maximum atomic E-state index is 16.1. The number of amides is 1. The normalized spacial score (nSPS) is 19.4. The molecule has 1 amide bonds. The summed E-state index contributed by atoms with van der Waals surface area (Å²) >= 11 is 0. The number of piperidine rings is 1. The minimum absolute atomic E-state index is 0.0639. The van der Waals surface area contributed by atoms with Crippen LogP contribution in [0.2, 0.25) is 0 Å². The number of alkyl halides is 8. The minimum atomic E-state index is -5.08. The van der Waals surface area contributed by atoms with E-state index in [0.29, 0.717) is 31.1 Å². The molecule has 3 fully saturated rings. The number of likely N-dealkylation sites (tertiary alicyclic amines) is 1. The van der Waals surface area contributed by atoms with E-state index in [1.807, 2.05) is 4.72 Å². The Balaban J connectivity index is 0.000000755. The highest BCUT2D eigenvalue weighted by Crippen LogP contribution is 2.59. The molecular formula is C33H39F8N3O6S. The molecule has 2 aliphatic carbocycles. The molecule has 5 rings (SSSR count). The van der Waals surface area contributed by atoms with Crippen LogP contribution in [0.15, 0.2) is 53.4 Å². The van der Waals surface area contributed by atoms with Crippen molar-refractivity contribution in [3.8, 4) is 5.75 Å². The Hall–Kier alpha value is -3.51. The van der Waals surface area contributed by atoms with Crippen molar-refractivity contribution in [2.75, 3.05) is 19.7 Å². The summed E-state index contributed by atoms with van der Waals surface area (Å²) in [5.74, 6) is -7.14. The number of aliphatic carboxylic acids is 1. The molecule has 1 saturated heterocycles. The van der Waals surface area contributed by atoms with Crippen LogP contribution in [0.3, 0.4) is 0 Å². The summed E-state index contributed by atoms with van der Waals surface area (Å²) < 4.78 is 139. The summed E-state index contributed by atoms with van der Waals surface area (Å²) in [5.41, 5.74) is 2.90. The van der Waals surface area contributed by atoms with Gasteiger partial charge < -0.3 is 20.5 Å². The van der Waals surface area contributed by atoms with Gasteiger partial charge in [-0.05, 0) is 74.3 Å². The summed E-state index contributed by atoms with van der Waals surface area (Å²) in [6.45, 7) is 0.623. The maximum Gasteiger partial charge on any atom is 0.490 e. The number of nitrogens with two attached hydrogens (primary N) is 1. The topological polar surface area (TPSA) is 139 Å². The number of nitrogens with zero attached hydrogens (tertiary/aromatic N) is 1. The molecule has 9 nitrogen and oxygen atoms in total. The molecular weight excluding hydrogens is 718 g/mol. The van der Waals surface area contributed by atoms with Gasteiger partial charge in [-0.2, -0.15) is 39.8 Å². The van der Waals surface area contributed by atoms with Gasteiger partial charge in [-0.25, -0.2) is 13.2 Å². The van der Waals surface area contributed by atoms with Gasteiger partial charge in [0.25, 0.3) is 5.92 Å². The zero-order valence-electron chi connectivity index (χ0n) is 27.3. The third kappa shape index (κ3) is 9.88. The lowest BCUT2D eigenvalue weighted by molar-refractivity contribution is -0.192. The van der Waals surface area contributed by atoms with Crippen molar-refractivity contribution < 1.29 is 63.0 Å². The van der Waals surface area contributed by atoms with Gasteiger partial charge in [0, 0.05) is 24.7 Å². The Bertz CT molecular complexity index is 1600. The molecule has 18 heteroatoms. The molecule has 0 aromatic heterocycles. The maximum absolute atomic E-state index is 16.1. The Morgan fingerprint density at radius 3 is 1.88 bits per heavy atom. The second kappa shape index (κ2) is 15.6. The molecule has 0 bridgehead atoms. The molecule has 2 saturated carbocycles. The molecule has 1 heterocycles. The van der Waals surface area contributed by atoms with E-state index in [0.717, 1.165) is 54.8 Å². The lowest BCUT2D eigenvalue weighted by Gasteiger charge is -2.35. The number of carbonyl (C=O) groups excluding carboxylic acids is 1. The number of sulfonamides is 1. The fraction of sp³-hybridized carbons (Fsp3) is 0.576. The van der Waals surface area contributed by atoms with Crippen LogP contribution in [0.25, 0.3) is 0 Å². The predicted octanol–water partition coefficient (Wildman–Crippen LogP) is 6.26. The van der Waals surface area contributed by atoms with E-state index < -0.39 is 57.2 Å². The van der Waals surface area contributed by atoms with E-state index in [4.69, 9.17) is 20.4 Å². The molecule has 1 aliphatic heterocycles. The Morgan fingerprint density at radius 2 is 1.41 bits per heavy atom. The van der Waals surface area contributed by atoms with E-state index >= 15 is 8.78 Å². The van der Waals surface area contributed by atoms with Crippen LogP contribution < -0.4 is 15.2 Å². The van der Waals surface area contributed by atoms with Crippen molar-refractivity contribution in [3.05, 3.63) is 59.7 Å². The third-order valence-electron chi connectivity index (χ3n) is 9.44. The van der Waals surface area contributed by atoms with E-state index in [1.54, 1.807) is 0 Å². The number of halogens is 8. The third-order valence-corrected chi connectivity index (χ3v) is 10.9. The average Bonchev–Trinajstić information content (AvgIpc) is 3.90. The summed E-state index contributed by atoms with van der Waals surface area (Å²) in [5, 5.41) is 7.12. The Kier molecular flexibility index (Phi) is 12.3. The molecule has 0 spiro atoms. The average molecular weight is 758 g/mol. The number of carboxylic acids is 1. The molecule has 1 atom stereocenters. The SMILES string of the molecule is NC1CCN(C(=O)C(NS(=O)(=O)c2ccc(OCC3CCCCC3)cc2)C(F)(F)c2ccc(C3(C(F)(F)F)CC3)cc2)CC1.O=C(O)C(F)(F)F. The fourth-order valence-corrected chi connectivity index (χ4v) is 7.32. The quantitative estimate of drug-likeness (QED) is 0.243. The van der Waals surface area contributed by atoms with Crippen molar-refractivity contribution in [3.63, 3.8) is 0 Å². The second-order valence-corrected chi connectivity index (χ2v) is 14.8. The first-order chi connectivity index (χ1) is 23.7. The van der Waals surface area contributed by atoms with Crippen molar-refractivity contribution >= 4 is 21.9 Å². The van der Waals surface area contributed by atoms with Crippen molar-refractivity contribution in [1.29, 1.82) is 0 Å². The zero-order valence-corrected chi connectivity index (χ0v) is 28.1. The highest BCUT2D eigenvalue weighted by atomic mass is 32.2. The number of hydrogen-bond donors (Lipinski definition) is 3. The summed E-state index contributed by atoms with van der Waals surface area (Å²) in [6, 6.07) is 6.17. The van der Waals surface area contributed by atoms with Gasteiger partial charge in [0.2, 0.25) is 15.9 Å². The van der Waals surface area contributed by atoms with Gasteiger partial charge in [0.1, 0.15) is 5.75 Å². The number of carboxylic acid groups (broad SMARTS) is 1. The van der Waals surface area contributed by atoms with E-state index in [1.165, 1.54) is 30.7 Å². The molecule has 284 valence electrons. The molecule has 4 N–H and O–H groups in total. The summed E-state index contributed by atoms with van der Waals surface area (Å²) in [7, 11) is -4.64. The monoisotopic (exact) mass is 757 g/mol. The number of ether oxygens (including phenoxy) is 1. The standard InChI is InChI=1S/C31H38F5N3O4S.C2HF3O2/c32-30(33,23-8-6-22(7-9-23)29(16-17-29)31(34,35)36)27(28(40)39-18-14-24(37)15-19-39)38-44(41,42)26-12-10-25(11-13-26)43-20-21-4-2-1-3-5-21;3-2(4,5)1(6)7/h6-13,21,24,27,38H,1-5,14-20,37H2;(H,6,7). The number of carbonyl (C=O) groups is 2. The second-order valence-electron chi connectivity index (χ2n) is 13.1. The molecule has 51 heavy (non-hydrogen) atoms. The van der Waals surface area contributed by atoms with Crippen LogP contribution in [0, 0.1) is 5.92 Å². The first-order valence-corrected chi connectivity index (χ1v) is 17.8. The first kappa shape index (κ1) is 40.3. The van der Waals surface area contributed by atoms with E-state index in [2.05, 4.69) is 0 Å². The molecule has 1 unspecified atom stereocenters. The largest absolute Gasteiger partial charge is 0.493 e. The number of nitrogens with one attached hydrogen (secondary N) is 1. The fourth-order valence-electron chi connectivity index (χ4n) is 6.13. The summed E-state index contributed by atoms with van der Waals surface area (Å²) in [6.07, 6.45) is -3.58. The van der Waals surface area contributed by atoms with E-state index in [9.17, 15) is 39.6 Å². The highest BCUT2D eigenvalue weighted by molar-refractivity contribution is 7.89. The van der Waals surface area contributed by atoms with Crippen molar-refractivity contribution in [1.82, 2.24) is 9.62 Å². The number of rotatable bonds is 10. The molecule has 3 aliphatic rings. The van der Waals surface area contributed by atoms with Gasteiger partial charge in [-0.15, -0.1) is 0 Å². The lowest BCUT2D eigenvalue weighted by Crippen LogP contribution is -2.58. The predicted molar refractivity (Wildman–Crippen MR) is 167 cm³/mol. The van der Waals surface area contributed by atoms with Crippen LogP contribution in [0.4, 0.5) is 35.1 Å². The Morgan fingerprint density at radius 1 is 0.882 bits per heavy atom. The van der Waals surface area contributed by atoms with Crippen LogP contribution >= 0.6 is 0 Å². The van der Waals surface area contributed by atoms with Gasteiger partial charge >= 0.3 is 18.3 Å². The molecule has 0 radical (unpaired) electrons. The smallest absolute Gasteiger partial charge is 0.490 e. The van der Waals surface area contributed by atoms with Crippen LogP contribution in [0.5, 0.6) is 5.75 Å². The van der Waals surface area contributed by atoms with Crippen LogP contribution in [-0.2, 0) is 30.9 Å². The van der Waals surface area contributed by atoms with Gasteiger partial charge in [0.15, 0.2) is 6.04 Å². The zero-order chi connectivity index (χ0) is 37.8. The Labute approximate surface area is 289 Å². The highest BCUT2D eigenvalue weighted by Gasteiger charge is 2.64. The number of benzene rings is 2. The number of hydrogen-bond acceptors (Lipinski definition) is 6. The van der Waals surface area contributed by atoms with Crippen LogP contribution in [-0.4, -0.2) is 74.4 Å². The van der Waals surface area contributed by atoms with Crippen LogP contribution in [0.1, 0.15) is 68.9 Å². The van der Waals surface area contributed by atoms with Crippen molar-refractivity contribution in [2.45, 2.75) is 98.5 Å². The van der Waals surface area contributed by atoms with Crippen molar-refractivity contribution in [2.24, 2.45) is 11.7 Å². The molecule has 2 aromatic carbocycles. The van der Waals surface area contributed by atoms with Gasteiger partial charge in [0.05, 0.1) is 16.9 Å². The van der Waals surface area contributed by atoms with E-state index in [-0.39, 0.29) is 42.4 Å². The molecule has 2 aromatic rings. The first-order valence-electron chi connectivity index (χ1n) is 16.3. The van der Waals surface area contributed by atoms with Gasteiger partial charge in [-0.1, -0.05) is 43.5 Å².